The van der Waals surface area contributed by atoms with Gasteiger partial charge in [-0.1, -0.05) is 58.3 Å². The average Bonchev–Trinajstić information content (AvgIpc) is 2.45. The second-order valence-electron chi connectivity index (χ2n) is 9.29. The number of hydrogen-bond donors (Lipinski definition) is 0. The fraction of sp³-hybridized carbons (Fsp3) is 1.00. The highest BCUT2D eigenvalue weighted by atomic mass is 15.3. The fourth-order valence-corrected chi connectivity index (χ4v) is 3.27. The van der Waals surface area contributed by atoms with Gasteiger partial charge in [-0.2, -0.15) is 0 Å². The molecule has 0 saturated carbocycles. The maximum Gasteiger partial charge on any atom is 0.0784 e. The van der Waals surface area contributed by atoms with Gasteiger partial charge >= 0.3 is 0 Å². The fourth-order valence-electron chi connectivity index (χ4n) is 3.27. The lowest BCUT2D eigenvalue weighted by Gasteiger charge is -2.30. The normalized spacial score (nSPS) is 12.8. The van der Waals surface area contributed by atoms with E-state index in [2.05, 4.69) is 42.2 Å². The molecule has 0 amide bonds. The maximum atomic E-state index is 2.42. The molecule has 0 fully saturated rings. The molecule has 0 aromatic carbocycles. The van der Waals surface area contributed by atoms with Crippen molar-refractivity contribution < 1.29 is 8.97 Å². The van der Waals surface area contributed by atoms with Crippen LogP contribution in [0.1, 0.15) is 84.0 Å². The summed E-state index contributed by atoms with van der Waals surface area (Å²) < 4.78 is 2.32. The molecular weight excluding hydrogens is 280 g/mol. The average molecular weight is 329 g/mol. The first-order chi connectivity index (χ1) is 10.8. The molecule has 0 radical (unpaired) electrons. The van der Waals surface area contributed by atoms with Gasteiger partial charge in [-0.25, -0.2) is 0 Å². The Morgan fingerprint density at radius 2 is 0.783 bits per heavy atom. The van der Waals surface area contributed by atoms with Gasteiger partial charge in [0.15, 0.2) is 0 Å². The van der Waals surface area contributed by atoms with Crippen LogP contribution < -0.4 is 0 Å². The van der Waals surface area contributed by atoms with E-state index in [1.165, 1.54) is 101 Å². The molecule has 0 N–H and O–H groups in total. The maximum absolute atomic E-state index is 2.42. The quantitative estimate of drug-likeness (QED) is 0.260. The summed E-state index contributed by atoms with van der Waals surface area (Å²) >= 11 is 0. The summed E-state index contributed by atoms with van der Waals surface area (Å²) in [6.45, 7) is 6.31. The van der Waals surface area contributed by atoms with E-state index in [4.69, 9.17) is 0 Å². The first-order valence-corrected chi connectivity index (χ1v) is 10.4. The topological polar surface area (TPSA) is 0 Å². The summed E-state index contributed by atoms with van der Waals surface area (Å²) in [5.74, 6) is 0. The van der Waals surface area contributed by atoms with Crippen molar-refractivity contribution in [3.05, 3.63) is 0 Å². The van der Waals surface area contributed by atoms with Crippen LogP contribution >= 0.6 is 0 Å². The second-order valence-corrected chi connectivity index (χ2v) is 9.29. The van der Waals surface area contributed by atoms with E-state index in [0.717, 1.165) is 4.48 Å². The molecule has 0 bridgehead atoms. The largest absolute Gasteiger partial charge is 0.331 e. The molecule has 0 spiro atoms. The number of hydrogen-bond acceptors (Lipinski definition) is 0. The summed E-state index contributed by atoms with van der Waals surface area (Å²) in [5.41, 5.74) is 0. The molecule has 0 rings (SSSR count). The number of nitrogens with zero attached hydrogens (tertiary/aromatic N) is 2. The lowest BCUT2D eigenvalue weighted by Crippen LogP contribution is -2.42. The molecule has 0 aliphatic carbocycles. The number of quaternary nitrogens is 2. The lowest BCUT2D eigenvalue weighted by molar-refractivity contribution is -0.892. The van der Waals surface area contributed by atoms with Crippen molar-refractivity contribution >= 4 is 0 Å². The lowest BCUT2D eigenvalue weighted by atomic mass is 10.1. The van der Waals surface area contributed by atoms with Gasteiger partial charge in [0.05, 0.1) is 54.9 Å². The molecule has 140 valence electrons. The number of unbranched alkanes of at least 4 members (excludes halogenated alkanes) is 10. The van der Waals surface area contributed by atoms with E-state index >= 15 is 0 Å². The predicted octanol–water partition coefficient (Wildman–Crippen LogP) is 5.47. The van der Waals surface area contributed by atoms with Crippen molar-refractivity contribution in [2.75, 3.05) is 54.9 Å². The van der Waals surface area contributed by atoms with Gasteiger partial charge in [0, 0.05) is 12.8 Å². The van der Waals surface area contributed by atoms with Crippen LogP contribution in [-0.2, 0) is 0 Å². The van der Waals surface area contributed by atoms with Crippen LogP contribution in [0.3, 0.4) is 0 Å². The standard InChI is InChI=1S/C21H48N2/c1-7-8-9-10-11-12-13-14-15-16-20-23(5,6)21-18-17-19-22(2,3)4/h7-21H2,1-6H3/q+2. The zero-order chi connectivity index (χ0) is 17.6. The van der Waals surface area contributed by atoms with Crippen LogP contribution in [0.15, 0.2) is 0 Å². The molecule has 0 saturated heterocycles. The molecule has 0 heterocycles. The van der Waals surface area contributed by atoms with E-state index in [9.17, 15) is 0 Å². The van der Waals surface area contributed by atoms with Crippen molar-refractivity contribution in [2.45, 2.75) is 84.0 Å². The van der Waals surface area contributed by atoms with E-state index in [0.29, 0.717) is 0 Å². The first kappa shape index (κ1) is 22.9. The molecule has 23 heavy (non-hydrogen) atoms. The van der Waals surface area contributed by atoms with Crippen LogP contribution in [0, 0.1) is 0 Å². The highest BCUT2D eigenvalue weighted by Gasteiger charge is 2.15. The van der Waals surface area contributed by atoms with Gasteiger partial charge in [-0.3, -0.25) is 0 Å². The Bertz CT molecular complexity index is 253. The third-order valence-corrected chi connectivity index (χ3v) is 4.96. The van der Waals surface area contributed by atoms with Crippen molar-refractivity contribution in [2.24, 2.45) is 0 Å². The highest BCUT2D eigenvalue weighted by molar-refractivity contribution is 4.48. The van der Waals surface area contributed by atoms with Crippen LogP contribution in [0.4, 0.5) is 0 Å². The van der Waals surface area contributed by atoms with Crippen molar-refractivity contribution in [1.82, 2.24) is 0 Å². The van der Waals surface area contributed by atoms with Crippen LogP contribution in [0.25, 0.3) is 0 Å². The highest BCUT2D eigenvalue weighted by Crippen LogP contribution is 2.12. The Kier molecular flexibility index (Phi) is 13.2. The Hall–Kier alpha value is -0.0800. The molecule has 0 aliphatic rings. The molecule has 0 unspecified atom stereocenters. The molecule has 0 aromatic heterocycles. The minimum atomic E-state index is 1.10. The van der Waals surface area contributed by atoms with Gasteiger partial charge in [-0.15, -0.1) is 0 Å². The Balaban J connectivity index is 3.41. The van der Waals surface area contributed by atoms with Gasteiger partial charge in [-0.05, 0) is 12.8 Å². The minimum absolute atomic E-state index is 1.10. The zero-order valence-corrected chi connectivity index (χ0v) is 17.5. The molecule has 2 heteroatoms. The zero-order valence-electron chi connectivity index (χ0n) is 17.5. The van der Waals surface area contributed by atoms with Gasteiger partial charge in [0.2, 0.25) is 0 Å². The Morgan fingerprint density at radius 3 is 1.22 bits per heavy atom. The molecule has 2 nitrogen and oxygen atoms in total. The molecule has 0 atom stereocenters. The third-order valence-electron chi connectivity index (χ3n) is 4.96. The summed E-state index contributed by atoms with van der Waals surface area (Å²) in [7, 11) is 11.7. The van der Waals surface area contributed by atoms with E-state index < -0.39 is 0 Å². The summed E-state index contributed by atoms with van der Waals surface area (Å²) in [6, 6.07) is 0. The van der Waals surface area contributed by atoms with Crippen molar-refractivity contribution in [1.29, 1.82) is 0 Å². The Morgan fingerprint density at radius 1 is 0.435 bits per heavy atom. The SMILES string of the molecule is CCCCCCCCCCCC[N+](C)(C)CCCC[N+](C)(C)C. The van der Waals surface area contributed by atoms with Crippen LogP contribution in [-0.4, -0.2) is 63.8 Å². The van der Waals surface area contributed by atoms with E-state index in [-0.39, 0.29) is 0 Å². The van der Waals surface area contributed by atoms with Crippen molar-refractivity contribution in [3.63, 3.8) is 0 Å². The minimum Gasteiger partial charge on any atom is -0.331 e. The molecule has 0 aromatic rings. The Labute approximate surface area is 148 Å². The second kappa shape index (κ2) is 13.2. The smallest absolute Gasteiger partial charge is 0.0784 e. The predicted molar refractivity (Wildman–Crippen MR) is 106 cm³/mol. The van der Waals surface area contributed by atoms with E-state index in [1.54, 1.807) is 0 Å². The number of rotatable bonds is 16. The van der Waals surface area contributed by atoms with Crippen molar-refractivity contribution in [3.8, 4) is 0 Å². The van der Waals surface area contributed by atoms with E-state index in [1.807, 2.05) is 0 Å². The van der Waals surface area contributed by atoms with Gasteiger partial charge < -0.3 is 8.97 Å². The van der Waals surface area contributed by atoms with Gasteiger partial charge in [0.1, 0.15) is 0 Å². The first-order valence-electron chi connectivity index (χ1n) is 10.4. The molecule has 0 aliphatic heterocycles. The van der Waals surface area contributed by atoms with Gasteiger partial charge in [0.25, 0.3) is 0 Å². The van der Waals surface area contributed by atoms with Crippen LogP contribution in [0.2, 0.25) is 0 Å². The molecular formula is C21H48N2+2. The van der Waals surface area contributed by atoms with Crippen LogP contribution in [0.5, 0.6) is 0 Å². The summed E-state index contributed by atoms with van der Waals surface area (Å²) in [5, 5.41) is 0. The third kappa shape index (κ3) is 18.1. The summed E-state index contributed by atoms with van der Waals surface area (Å²) in [4.78, 5) is 0. The summed E-state index contributed by atoms with van der Waals surface area (Å²) in [6.07, 6.45) is 17.2. The monoisotopic (exact) mass is 328 g/mol.